The van der Waals surface area contributed by atoms with Gasteiger partial charge in [0.1, 0.15) is 0 Å². The first-order valence-corrected chi connectivity index (χ1v) is 7.45. The normalized spacial score (nSPS) is 19.0. The van der Waals surface area contributed by atoms with E-state index in [9.17, 15) is 0 Å². The second-order valence-electron chi connectivity index (χ2n) is 6.63. The second kappa shape index (κ2) is 5.57. The van der Waals surface area contributed by atoms with Gasteiger partial charge in [0.25, 0.3) is 0 Å². The molecule has 0 radical (unpaired) electrons. The van der Waals surface area contributed by atoms with Crippen molar-refractivity contribution in [3.8, 4) is 0 Å². The van der Waals surface area contributed by atoms with Crippen LogP contribution in [0.3, 0.4) is 0 Å². The van der Waals surface area contributed by atoms with Gasteiger partial charge in [0, 0.05) is 12.0 Å². The molecule has 0 bridgehead atoms. The molecule has 110 valence electrons. The highest BCUT2D eigenvalue weighted by atomic mass is 15.1. The SMILES string of the molecule is Cc1cc(C)c(CN2CCC(C)(C(=N)N)CC2)c(C)c1. The summed E-state index contributed by atoms with van der Waals surface area (Å²) in [5.74, 6) is 0.347. The molecular formula is C17H27N3. The van der Waals surface area contributed by atoms with Crippen molar-refractivity contribution in [1.82, 2.24) is 4.90 Å². The Morgan fingerprint density at radius 3 is 2.15 bits per heavy atom. The van der Waals surface area contributed by atoms with Crippen LogP contribution in [-0.4, -0.2) is 23.8 Å². The first-order chi connectivity index (χ1) is 9.32. The number of hydrogen-bond acceptors (Lipinski definition) is 2. The highest BCUT2D eigenvalue weighted by Crippen LogP contribution is 2.31. The zero-order chi connectivity index (χ0) is 14.9. The predicted molar refractivity (Wildman–Crippen MR) is 85.2 cm³/mol. The van der Waals surface area contributed by atoms with E-state index in [1.807, 2.05) is 0 Å². The standard InChI is InChI=1S/C17H27N3/c1-12-9-13(2)15(14(3)10-12)11-20-7-5-17(4,6-8-20)16(18)19/h9-10H,5-8,11H2,1-4H3,(H3,18,19). The van der Waals surface area contributed by atoms with E-state index in [4.69, 9.17) is 11.1 Å². The minimum absolute atomic E-state index is 0.0894. The van der Waals surface area contributed by atoms with Crippen LogP contribution in [0.1, 0.15) is 42.0 Å². The molecule has 3 nitrogen and oxygen atoms in total. The Kier molecular flexibility index (Phi) is 4.19. The fourth-order valence-corrected chi connectivity index (χ4v) is 3.16. The van der Waals surface area contributed by atoms with Crippen LogP contribution in [0.4, 0.5) is 0 Å². The fraction of sp³-hybridized carbons (Fsp3) is 0.588. The Hall–Kier alpha value is -1.35. The van der Waals surface area contributed by atoms with Crippen LogP contribution in [-0.2, 0) is 6.54 Å². The number of nitrogens with two attached hydrogens (primary N) is 1. The van der Waals surface area contributed by atoms with Crippen LogP contribution in [0.25, 0.3) is 0 Å². The summed E-state index contributed by atoms with van der Waals surface area (Å²) in [5.41, 5.74) is 11.2. The number of aryl methyl sites for hydroxylation is 3. The lowest BCUT2D eigenvalue weighted by Gasteiger charge is -2.39. The van der Waals surface area contributed by atoms with Crippen molar-refractivity contribution in [2.75, 3.05) is 13.1 Å². The molecule has 0 unspecified atom stereocenters. The molecule has 1 aromatic carbocycles. The third-order valence-corrected chi connectivity index (χ3v) is 4.83. The van der Waals surface area contributed by atoms with Gasteiger partial charge in [-0.3, -0.25) is 10.3 Å². The van der Waals surface area contributed by atoms with Gasteiger partial charge in [-0.15, -0.1) is 0 Å². The van der Waals surface area contributed by atoms with Gasteiger partial charge in [-0.25, -0.2) is 0 Å². The van der Waals surface area contributed by atoms with Crippen molar-refractivity contribution in [1.29, 1.82) is 5.41 Å². The van der Waals surface area contributed by atoms with Gasteiger partial charge in [-0.1, -0.05) is 24.6 Å². The lowest BCUT2D eigenvalue weighted by Crippen LogP contribution is -2.44. The van der Waals surface area contributed by atoms with Crippen molar-refractivity contribution in [2.45, 2.75) is 47.1 Å². The molecule has 0 aromatic heterocycles. The van der Waals surface area contributed by atoms with E-state index in [2.05, 4.69) is 44.7 Å². The van der Waals surface area contributed by atoms with Crippen molar-refractivity contribution in [3.05, 3.63) is 34.4 Å². The summed E-state index contributed by atoms with van der Waals surface area (Å²) in [5, 5.41) is 7.72. The quantitative estimate of drug-likeness (QED) is 0.656. The molecule has 0 atom stereocenters. The van der Waals surface area contributed by atoms with Crippen molar-refractivity contribution >= 4 is 5.84 Å². The molecule has 0 spiro atoms. The summed E-state index contributed by atoms with van der Waals surface area (Å²) < 4.78 is 0. The number of nitrogens with one attached hydrogen (secondary N) is 1. The number of nitrogens with zero attached hydrogens (tertiary/aromatic N) is 1. The average molecular weight is 273 g/mol. The van der Waals surface area contributed by atoms with Crippen LogP contribution in [0, 0.1) is 31.6 Å². The molecule has 1 heterocycles. The minimum atomic E-state index is -0.0894. The molecule has 1 aliphatic rings. The van der Waals surface area contributed by atoms with Gasteiger partial charge < -0.3 is 5.73 Å². The maximum atomic E-state index is 7.72. The van der Waals surface area contributed by atoms with Gasteiger partial charge in [0.15, 0.2) is 0 Å². The monoisotopic (exact) mass is 273 g/mol. The van der Waals surface area contributed by atoms with Crippen LogP contribution in [0.15, 0.2) is 12.1 Å². The summed E-state index contributed by atoms with van der Waals surface area (Å²) in [6.07, 6.45) is 1.98. The molecule has 0 saturated carbocycles. The molecule has 1 aliphatic heterocycles. The number of piperidine rings is 1. The molecule has 0 aliphatic carbocycles. The van der Waals surface area contributed by atoms with Gasteiger partial charge in [-0.2, -0.15) is 0 Å². The number of benzene rings is 1. The Balaban J connectivity index is 2.05. The molecule has 3 heteroatoms. The van der Waals surface area contributed by atoms with Crippen LogP contribution in [0.5, 0.6) is 0 Å². The molecular weight excluding hydrogens is 246 g/mol. The average Bonchev–Trinajstić information content (AvgIpc) is 2.36. The third-order valence-electron chi connectivity index (χ3n) is 4.83. The highest BCUT2D eigenvalue weighted by Gasteiger charge is 2.32. The van der Waals surface area contributed by atoms with Crippen LogP contribution < -0.4 is 5.73 Å². The Bertz CT molecular complexity index is 488. The minimum Gasteiger partial charge on any atom is -0.387 e. The zero-order valence-electron chi connectivity index (χ0n) is 13.2. The van der Waals surface area contributed by atoms with E-state index in [0.29, 0.717) is 5.84 Å². The van der Waals surface area contributed by atoms with Gasteiger partial charge in [0.05, 0.1) is 5.84 Å². The van der Waals surface area contributed by atoms with Gasteiger partial charge in [-0.05, 0) is 63.4 Å². The van der Waals surface area contributed by atoms with E-state index < -0.39 is 0 Å². The summed E-state index contributed by atoms with van der Waals surface area (Å²) in [6, 6.07) is 4.54. The Morgan fingerprint density at radius 1 is 1.20 bits per heavy atom. The first-order valence-electron chi connectivity index (χ1n) is 7.45. The smallest absolute Gasteiger partial charge is 0.0966 e. The van der Waals surface area contributed by atoms with Crippen molar-refractivity contribution in [2.24, 2.45) is 11.1 Å². The maximum absolute atomic E-state index is 7.72. The third kappa shape index (κ3) is 3.04. The van der Waals surface area contributed by atoms with E-state index in [1.165, 1.54) is 22.3 Å². The lowest BCUT2D eigenvalue weighted by atomic mass is 9.79. The first kappa shape index (κ1) is 15.0. The summed E-state index contributed by atoms with van der Waals surface area (Å²) in [4.78, 5) is 2.50. The van der Waals surface area contributed by atoms with E-state index in [-0.39, 0.29) is 5.41 Å². The molecule has 1 fully saturated rings. The van der Waals surface area contributed by atoms with Gasteiger partial charge in [0.2, 0.25) is 0 Å². The summed E-state index contributed by atoms with van der Waals surface area (Å²) in [7, 11) is 0. The van der Waals surface area contributed by atoms with Crippen molar-refractivity contribution in [3.63, 3.8) is 0 Å². The topological polar surface area (TPSA) is 53.1 Å². The molecule has 3 N–H and O–H groups in total. The number of amidine groups is 1. The lowest BCUT2D eigenvalue weighted by molar-refractivity contribution is 0.155. The summed E-state index contributed by atoms with van der Waals surface area (Å²) in [6.45, 7) is 11.8. The molecule has 1 aromatic rings. The predicted octanol–water partition coefficient (Wildman–Crippen LogP) is 3.15. The van der Waals surface area contributed by atoms with E-state index in [0.717, 1.165) is 32.5 Å². The summed E-state index contributed by atoms with van der Waals surface area (Å²) >= 11 is 0. The Morgan fingerprint density at radius 2 is 1.70 bits per heavy atom. The Labute approximate surface area is 122 Å². The van der Waals surface area contributed by atoms with Crippen molar-refractivity contribution < 1.29 is 0 Å². The molecule has 2 rings (SSSR count). The molecule has 20 heavy (non-hydrogen) atoms. The van der Waals surface area contributed by atoms with E-state index in [1.54, 1.807) is 0 Å². The van der Waals surface area contributed by atoms with E-state index >= 15 is 0 Å². The zero-order valence-corrected chi connectivity index (χ0v) is 13.2. The largest absolute Gasteiger partial charge is 0.387 e. The molecule has 1 saturated heterocycles. The molecule has 0 amide bonds. The number of likely N-dealkylation sites (tertiary alicyclic amines) is 1. The number of hydrogen-bond donors (Lipinski definition) is 2. The maximum Gasteiger partial charge on any atom is 0.0966 e. The number of rotatable bonds is 3. The second-order valence-corrected chi connectivity index (χ2v) is 6.63. The van der Waals surface area contributed by atoms with Gasteiger partial charge >= 0.3 is 0 Å². The fourth-order valence-electron chi connectivity index (χ4n) is 3.16. The van der Waals surface area contributed by atoms with Crippen LogP contribution >= 0.6 is 0 Å². The highest BCUT2D eigenvalue weighted by molar-refractivity contribution is 5.83. The van der Waals surface area contributed by atoms with Crippen LogP contribution in [0.2, 0.25) is 0 Å².